The molecule has 166 valence electrons. The number of hydrogen-bond acceptors (Lipinski definition) is 7. The van der Waals surface area contributed by atoms with E-state index in [1.165, 1.54) is 34.8 Å². The van der Waals surface area contributed by atoms with Crippen molar-refractivity contribution in [2.75, 3.05) is 44.2 Å². The monoisotopic (exact) mass is 434 g/mol. The molecule has 0 bridgehead atoms. The fraction of sp³-hybridized carbons (Fsp3) is 0.714. The first-order valence-electron chi connectivity index (χ1n) is 11.1. The van der Waals surface area contributed by atoms with Gasteiger partial charge in [0, 0.05) is 31.4 Å². The van der Waals surface area contributed by atoms with Gasteiger partial charge in [0.15, 0.2) is 0 Å². The third-order valence-electron chi connectivity index (χ3n) is 5.65. The summed E-state index contributed by atoms with van der Waals surface area (Å²) in [5, 5.41) is 8.34. The van der Waals surface area contributed by atoms with Crippen LogP contribution in [0.4, 0.5) is 5.13 Å². The van der Waals surface area contributed by atoms with Crippen molar-refractivity contribution in [2.45, 2.75) is 52.9 Å². The predicted octanol–water partition coefficient (Wildman–Crippen LogP) is 2.30. The Hall–Kier alpha value is -2.00. The molecule has 1 atom stereocenters. The molecule has 1 aliphatic rings. The van der Waals surface area contributed by atoms with E-state index in [0.717, 1.165) is 57.1 Å². The van der Waals surface area contributed by atoms with Crippen LogP contribution in [0.15, 0.2) is 10.9 Å². The van der Waals surface area contributed by atoms with Crippen LogP contribution in [0.3, 0.4) is 0 Å². The van der Waals surface area contributed by atoms with Crippen molar-refractivity contribution >= 4 is 27.3 Å². The van der Waals surface area contributed by atoms with E-state index in [1.807, 2.05) is 6.92 Å². The van der Waals surface area contributed by atoms with Crippen molar-refractivity contribution in [1.82, 2.24) is 24.8 Å². The van der Waals surface area contributed by atoms with Gasteiger partial charge in [0.1, 0.15) is 0 Å². The summed E-state index contributed by atoms with van der Waals surface area (Å²) < 4.78 is 1.36. The van der Waals surface area contributed by atoms with E-state index < -0.39 is 0 Å². The van der Waals surface area contributed by atoms with Crippen molar-refractivity contribution in [2.24, 2.45) is 5.92 Å². The van der Waals surface area contributed by atoms with E-state index in [1.54, 1.807) is 0 Å². The van der Waals surface area contributed by atoms with Crippen molar-refractivity contribution in [3.8, 4) is 0 Å². The largest absolute Gasteiger partial charge is 0.356 e. The number of aryl methyl sites for hydroxylation is 1. The standard InChI is InChI=1S/C21H34N6O2S/c1-4-6-11-25(5-2)12-8-10-22-19(29)17-9-7-13-26(15-17)21-24-27-18(28)14-16(3)23-20(27)30-21/h14,17H,4-13,15H2,1-3H3,(H,22,29). The number of rotatable bonds is 10. The molecule has 2 aromatic heterocycles. The number of unbranched alkanes of at least 4 members (excludes halogenated alkanes) is 1. The van der Waals surface area contributed by atoms with Crippen molar-refractivity contribution in [3.05, 3.63) is 22.1 Å². The van der Waals surface area contributed by atoms with E-state index in [0.29, 0.717) is 17.2 Å². The molecule has 30 heavy (non-hydrogen) atoms. The van der Waals surface area contributed by atoms with Gasteiger partial charge < -0.3 is 15.1 Å². The average molecular weight is 435 g/mol. The lowest BCUT2D eigenvalue weighted by Gasteiger charge is -2.31. The lowest BCUT2D eigenvalue weighted by atomic mass is 9.97. The predicted molar refractivity (Wildman–Crippen MR) is 121 cm³/mol. The Kier molecular flexibility index (Phi) is 8.21. The lowest BCUT2D eigenvalue weighted by Crippen LogP contribution is -2.43. The van der Waals surface area contributed by atoms with Crippen LogP contribution in [0, 0.1) is 12.8 Å². The minimum absolute atomic E-state index is 0.0421. The van der Waals surface area contributed by atoms with E-state index in [-0.39, 0.29) is 17.4 Å². The number of amides is 1. The highest BCUT2D eigenvalue weighted by atomic mass is 32.1. The minimum Gasteiger partial charge on any atom is -0.356 e. The molecule has 2 aromatic rings. The van der Waals surface area contributed by atoms with Crippen LogP contribution >= 0.6 is 11.3 Å². The summed E-state index contributed by atoms with van der Waals surface area (Å²) >= 11 is 1.41. The molecule has 1 saturated heterocycles. The molecule has 1 fully saturated rings. The quantitative estimate of drug-likeness (QED) is 0.578. The van der Waals surface area contributed by atoms with Gasteiger partial charge in [-0.15, -0.1) is 5.10 Å². The Morgan fingerprint density at radius 2 is 2.13 bits per heavy atom. The number of aromatic nitrogens is 3. The summed E-state index contributed by atoms with van der Waals surface area (Å²) in [6.07, 6.45) is 5.25. The Bertz CT molecular complexity index is 895. The SMILES string of the molecule is CCCCN(CC)CCCNC(=O)C1CCCN(c2nn3c(=O)cc(C)nc3s2)C1. The summed E-state index contributed by atoms with van der Waals surface area (Å²) in [4.78, 5) is 34.4. The zero-order chi connectivity index (χ0) is 21.5. The van der Waals surface area contributed by atoms with Gasteiger partial charge in [-0.1, -0.05) is 31.6 Å². The van der Waals surface area contributed by atoms with E-state index in [9.17, 15) is 9.59 Å². The second-order valence-corrected chi connectivity index (χ2v) is 8.97. The summed E-state index contributed by atoms with van der Waals surface area (Å²) in [7, 11) is 0. The smallest absolute Gasteiger partial charge is 0.275 e. The number of carbonyl (C=O) groups excluding carboxylic acids is 1. The van der Waals surface area contributed by atoms with E-state index >= 15 is 0 Å². The highest BCUT2D eigenvalue weighted by Gasteiger charge is 2.27. The fourth-order valence-corrected chi connectivity index (χ4v) is 4.86. The number of nitrogens with zero attached hydrogens (tertiary/aromatic N) is 5. The summed E-state index contributed by atoms with van der Waals surface area (Å²) in [6, 6.07) is 1.49. The molecule has 1 N–H and O–H groups in total. The van der Waals surface area contributed by atoms with Crippen molar-refractivity contribution in [1.29, 1.82) is 0 Å². The van der Waals surface area contributed by atoms with Crippen LogP contribution in [0.2, 0.25) is 0 Å². The first-order valence-corrected chi connectivity index (χ1v) is 12.0. The van der Waals surface area contributed by atoms with Crippen molar-refractivity contribution < 1.29 is 4.79 Å². The fourth-order valence-electron chi connectivity index (χ4n) is 3.87. The number of hydrogen-bond donors (Lipinski definition) is 1. The highest BCUT2D eigenvalue weighted by Crippen LogP contribution is 2.26. The zero-order valence-electron chi connectivity index (χ0n) is 18.4. The average Bonchev–Trinajstić information content (AvgIpc) is 3.17. The minimum atomic E-state index is -0.161. The maximum atomic E-state index is 12.7. The highest BCUT2D eigenvalue weighted by molar-refractivity contribution is 7.20. The van der Waals surface area contributed by atoms with Crippen LogP contribution in [-0.2, 0) is 4.79 Å². The molecule has 0 saturated carbocycles. The maximum absolute atomic E-state index is 12.7. The van der Waals surface area contributed by atoms with Gasteiger partial charge in [-0.2, -0.15) is 4.52 Å². The van der Waals surface area contributed by atoms with Crippen molar-refractivity contribution in [3.63, 3.8) is 0 Å². The van der Waals surface area contributed by atoms with Gasteiger partial charge in [-0.25, -0.2) is 4.98 Å². The molecule has 0 spiro atoms. The number of carbonyl (C=O) groups is 1. The zero-order valence-corrected chi connectivity index (χ0v) is 19.2. The van der Waals surface area contributed by atoms with Crippen LogP contribution in [0.5, 0.6) is 0 Å². The molecule has 0 aliphatic carbocycles. The van der Waals surface area contributed by atoms with Crippen LogP contribution in [0.25, 0.3) is 4.96 Å². The topological polar surface area (TPSA) is 82.8 Å². The summed E-state index contributed by atoms with van der Waals surface area (Å²) in [5.41, 5.74) is 0.536. The summed E-state index contributed by atoms with van der Waals surface area (Å²) in [5.74, 6) is 0.0862. The molecule has 3 heterocycles. The van der Waals surface area contributed by atoms with Gasteiger partial charge in [0.05, 0.1) is 5.92 Å². The van der Waals surface area contributed by atoms with Crippen LogP contribution in [0.1, 0.15) is 51.6 Å². The second kappa shape index (κ2) is 10.9. The van der Waals surface area contributed by atoms with Gasteiger partial charge >= 0.3 is 0 Å². The van der Waals surface area contributed by atoms with Gasteiger partial charge in [-0.05, 0) is 52.2 Å². The van der Waals surface area contributed by atoms with Crippen LogP contribution < -0.4 is 15.8 Å². The molecular weight excluding hydrogens is 400 g/mol. The van der Waals surface area contributed by atoms with Gasteiger partial charge in [0.25, 0.3) is 5.56 Å². The molecule has 0 radical (unpaired) electrons. The molecule has 3 rings (SSSR count). The third kappa shape index (κ3) is 5.78. The molecule has 9 heteroatoms. The molecule has 1 amide bonds. The third-order valence-corrected chi connectivity index (χ3v) is 6.62. The van der Waals surface area contributed by atoms with Gasteiger partial charge in [-0.3, -0.25) is 9.59 Å². The van der Waals surface area contributed by atoms with Crippen LogP contribution in [-0.4, -0.2) is 64.7 Å². The molecular formula is C21H34N6O2S. The van der Waals surface area contributed by atoms with E-state index in [2.05, 4.69) is 39.0 Å². The normalized spacial score (nSPS) is 17.1. The number of piperidine rings is 1. The first kappa shape index (κ1) is 22.7. The first-order chi connectivity index (χ1) is 14.5. The van der Waals surface area contributed by atoms with Gasteiger partial charge in [0.2, 0.25) is 16.0 Å². The Labute approximate surface area is 182 Å². The maximum Gasteiger partial charge on any atom is 0.275 e. The molecule has 1 unspecified atom stereocenters. The number of fused-ring (bicyclic) bond motifs is 1. The molecule has 0 aromatic carbocycles. The number of nitrogens with one attached hydrogen (secondary N) is 1. The Morgan fingerprint density at radius 3 is 2.90 bits per heavy atom. The Morgan fingerprint density at radius 1 is 1.33 bits per heavy atom. The Balaban J connectivity index is 1.51. The summed E-state index contributed by atoms with van der Waals surface area (Å²) in [6.45, 7) is 11.6. The molecule has 8 nitrogen and oxygen atoms in total. The van der Waals surface area contributed by atoms with E-state index in [4.69, 9.17) is 0 Å². The second-order valence-electron chi connectivity index (χ2n) is 8.03. The number of anilines is 1. The lowest BCUT2D eigenvalue weighted by molar-refractivity contribution is -0.125. The molecule has 1 aliphatic heterocycles.